The van der Waals surface area contributed by atoms with Crippen LogP contribution in [0.2, 0.25) is 0 Å². The van der Waals surface area contributed by atoms with Crippen molar-refractivity contribution < 1.29 is 0 Å². The highest BCUT2D eigenvalue weighted by molar-refractivity contribution is 5.57. The van der Waals surface area contributed by atoms with Crippen molar-refractivity contribution in [3.05, 3.63) is 41.7 Å². The number of anilines is 1. The largest absolute Gasteiger partial charge is 0.396 e. The molecule has 3 heteroatoms. The van der Waals surface area contributed by atoms with E-state index in [0.717, 1.165) is 23.5 Å². The van der Waals surface area contributed by atoms with Crippen LogP contribution in [0.1, 0.15) is 37.9 Å². The number of hydrogen-bond donors (Lipinski definition) is 1. The first kappa shape index (κ1) is 12.6. The third-order valence-corrected chi connectivity index (χ3v) is 3.07. The minimum absolute atomic E-state index is 0.539. The summed E-state index contributed by atoms with van der Waals surface area (Å²) in [6.45, 7) is 6.41. The molecule has 0 aliphatic heterocycles. The zero-order valence-electron chi connectivity index (χ0n) is 11.1. The van der Waals surface area contributed by atoms with Crippen molar-refractivity contribution in [1.29, 1.82) is 0 Å². The van der Waals surface area contributed by atoms with E-state index >= 15 is 0 Å². The Kier molecular flexibility index (Phi) is 3.60. The highest BCUT2D eigenvalue weighted by Gasteiger charge is 2.06. The van der Waals surface area contributed by atoms with E-state index in [2.05, 4.69) is 48.1 Å². The van der Waals surface area contributed by atoms with E-state index in [4.69, 9.17) is 5.73 Å². The van der Waals surface area contributed by atoms with Crippen LogP contribution in [0.15, 0.2) is 30.5 Å². The van der Waals surface area contributed by atoms with Crippen molar-refractivity contribution in [1.82, 2.24) is 9.97 Å². The lowest BCUT2D eigenvalue weighted by molar-refractivity contribution is 0.866. The maximum absolute atomic E-state index is 5.82. The zero-order chi connectivity index (χ0) is 13.1. The van der Waals surface area contributed by atoms with Crippen LogP contribution in [0.3, 0.4) is 0 Å². The molecule has 0 bridgehead atoms. The normalized spacial score (nSPS) is 10.9. The van der Waals surface area contributed by atoms with Gasteiger partial charge in [0.25, 0.3) is 0 Å². The second-order valence-corrected chi connectivity index (χ2v) is 4.73. The summed E-state index contributed by atoms with van der Waals surface area (Å²) < 4.78 is 0. The molecule has 1 aromatic heterocycles. The number of hydrogen-bond acceptors (Lipinski definition) is 3. The number of aromatic nitrogens is 2. The molecule has 0 saturated carbocycles. The third-order valence-electron chi connectivity index (χ3n) is 3.07. The molecular formula is C15H19N3. The van der Waals surface area contributed by atoms with E-state index in [1.807, 2.05) is 6.92 Å². The van der Waals surface area contributed by atoms with Crippen LogP contribution < -0.4 is 5.73 Å². The summed E-state index contributed by atoms with van der Waals surface area (Å²) in [6.07, 6.45) is 2.52. The Labute approximate surface area is 108 Å². The average molecular weight is 241 g/mol. The molecule has 18 heavy (non-hydrogen) atoms. The van der Waals surface area contributed by atoms with Crippen molar-refractivity contribution >= 4 is 5.69 Å². The highest BCUT2D eigenvalue weighted by Crippen LogP contribution is 2.21. The predicted molar refractivity (Wildman–Crippen MR) is 75.3 cm³/mol. The molecule has 3 nitrogen and oxygen atoms in total. The first-order valence-corrected chi connectivity index (χ1v) is 6.33. The van der Waals surface area contributed by atoms with Gasteiger partial charge in [0, 0.05) is 5.56 Å². The summed E-state index contributed by atoms with van der Waals surface area (Å²) in [4.78, 5) is 8.79. The summed E-state index contributed by atoms with van der Waals surface area (Å²) in [6, 6.07) is 8.40. The van der Waals surface area contributed by atoms with Gasteiger partial charge in [-0.1, -0.05) is 45.0 Å². The fourth-order valence-electron chi connectivity index (χ4n) is 1.87. The van der Waals surface area contributed by atoms with Gasteiger partial charge in [-0.3, -0.25) is 0 Å². The Morgan fingerprint density at radius 2 is 1.83 bits per heavy atom. The van der Waals surface area contributed by atoms with Gasteiger partial charge in [-0.25, -0.2) is 9.97 Å². The van der Waals surface area contributed by atoms with Crippen LogP contribution in [0.5, 0.6) is 0 Å². The van der Waals surface area contributed by atoms with Crippen LogP contribution in [-0.2, 0) is 6.42 Å². The summed E-state index contributed by atoms with van der Waals surface area (Å²) >= 11 is 0. The zero-order valence-corrected chi connectivity index (χ0v) is 11.1. The van der Waals surface area contributed by atoms with Gasteiger partial charge in [0.1, 0.15) is 0 Å². The van der Waals surface area contributed by atoms with Crippen molar-refractivity contribution in [2.24, 2.45) is 0 Å². The number of nitrogens with zero attached hydrogens (tertiary/aromatic N) is 2. The van der Waals surface area contributed by atoms with Crippen LogP contribution in [-0.4, -0.2) is 9.97 Å². The van der Waals surface area contributed by atoms with Gasteiger partial charge in [-0.05, 0) is 17.9 Å². The Morgan fingerprint density at radius 3 is 2.39 bits per heavy atom. The van der Waals surface area contributed by atoms with Crippen LogP contribution in [0.25, 0.3) is 11.4 Å². The molecule has 0 atom stereocenters. The minimum atomic E-state index is 0.539. The fraction of sp³-hybridized carbons (Fsp3) is 0.333. The maximum atomic E-state index is 5.82. The SMILES string of the molecule is CCc1nc(-c2ccc(C(C)C)cc2)ncc1N. The van der Waals surface area contributed by atoms with Crippen molar-refractivity contribution in [3.63, 3.8) is 0 Å². The Hall–Kier alpha value is -1.90. The van der Waals surface area contributed by atoms with E-state index in [9.17, 15) is 0 Å². The molecule has 0 unspecified atom stereocenters. The van der Waals surface area contributed by atoms with E-state index in [-0.39, 0.29) is 0 Å². The van der Waals surface area contributed by atoms with Gasteiger partial charge < -0.3 is 5.73 Å². The second kappa shape index (κ2) is 5.17. The van der Waals surface area contributed by atoms with E-state index in [1.165, 1.54) is 5.56 Å². The molecule has 0 aliphatic rings. The molecule has 0 saturated heterocycles. The monoisotopic (exact) mass is 241 g/mol. The van der Waals surface area contributed by atoms with Crippen molar-refractivity contribution in [3.8, 4) is 11.4 Å². The Balaban J connectivity index is 2.36. The average Bonchev–Trinajstić information content (AvgIpc) is 2.39. The second-order valence-electron chi connectivity index (χ2n) is 4.73. The molecule has 0 aliphatic carbocycles. The molecule has 2 aromatic rings. The van der Waals surface area contributed by atoms with Gasteiger partial charge in [0.2, 0.25) is 0 Å². The molecule has 0 fully saturated rings. The Morgan fingerprint density at radius 1 is 1.17 bits per heavy atom. The van der Waals surface area contributed by atoms with Crippen LogP contribution in [0, 0.1) is 0 Å². The lowest BCUT2D eigenvalue weighted by Gasteiger charge is -2.08. The quantitative estimate of drug-likeness (QED) is 0.895. The number of aryl methyl sites for hydroxylation is 1. The molecule has 1 aromatic carbocycles. The number of nitrogens with two attached hydrogens (primary N) is 1. The minimum Gasteiger partial charge on any atom is -0.396 e. The third kappa shape index (κ3) is 2.50. The lowest BCUT2D eigenvalue weighted by atomic mass is 10.0. The van der Waals surface area contributed by atoms with E-state index in [1.54, 1.807) is 6.20 Å². The molecular weight excluding hydrogens is 222 g/mol. The van der Waals surface area contributed by atoms with E-state index < -0.39 is 0 Å². The standard InChI is InChI=1S/C15H19N3/c1-4-14-13(16)9-17-15(18-14)12-7-5-11(6-8-12)10(2)3/h5-10H,4,16H2,1-3H3. The fourth-order valence-corrected chi connectivity index (χ4v) is 1.87. The molecule has 94 valence electrons. The van der Waals surface area contributed by atoms with Crippen LogP contribution in [0.4, 0.5) is 5.69 Å². The van der Waals surface area contributed by atoms with Gasteiger partial charge in [0.15, 0.2) is 5.82 Å². The number of nitrogen functional groups attached to an aromatic ring is 1. The summed E-state index contributed by atoms with van der Waals surface area (Å²) in [5.74, 6) is 1.29. The van der Waals surface area contributed by atoms with Gasteiger partial charge in [0.05, 0.1) is 17.6 Å². The smallest absolute Gasteiger partial charge is 0.159 e. The summed E-state index contributed by atoms with van der Waals surface area (Å²) in [5, 5.41) is 0. The van der Waals surface area contributed by atoms with Crippen LogP contribution >= 0.6 is 0 Å². The van der Waals surface area contributed by atoms with Crippen molar-refractivity contribution in [2.45, 2.75) is 33.1 Å². The Bertz CT molecular complexity index is 530. The molecule has 2 N–H and O–H groups in total. The first-order valence-electron chi connectivity index (χ1n) is 6.33. The molecule has 2 rings (SSSR count). The van der Waals surface area contributed by atoms with Gasteiger partial charge >= 0.3 is 0 Å². The topological polar surface area (TPSA) is 51.8 Å². The lowest BCUT2D eigenvalue weighted by Crippen LogP contribution is -2.00. The van der Waals surface area contributed by atoms with Gasteiger partial charge in [-0.2, -0.15) is 0 Å². The summed E-state index contributed by atoms with van der Waals surface area (Å²) in [5.41, 5.74) is 9.75. The van der Waals surface area contributed by atoms with Gasteiger partial charge in [-0.15, -0.1) is 0 Å². The van der Waals surface area contributed by atoms with E-state index in [0.29, 0.717) is 11.6 Å². The molecule has 0 radical (unpaired) electrons. The summed E-state index contributed by atoms with van der Waals surface area (Å²) in [7, 11) is 0. The molecule has 1 heterocycles. The molecule has 0 spiro atoms. The highest BCUT2D eigenvalue weighted by atomic mass is 14.9. The molecule has 0 amide bonds. The first-order chi connectivity index (χ1) is 8.61. The number of benzene rings is 1. The maximum Gasteiger partial charge on any atom is 0.159 e. The number of rotatable bonds is 3. The predicted octanol–water partition coefficient (Wildman–Crippen LogP) is 3.41. The van der Waals surface area contributed by atoms with Crippen molar-refractivity contribution in [2.75, 3.05) is 5.73 Å².